The van der Waals surface area contributed by atoms with Crippen LogP contribution in [0.5, 0.6) is 5.75 Å². The third-order valence-electron chi connectivity index (χ3n) is 5.42. The van der Waals surface area contributed by atoms with E-state index in [0.29, 0.717) is 30.1 Å². The molecule has 0 radical (unpaired) electrons. The summed E-state index contributed by atoms with van der Waals surface area (Å²) in [5.41, 5.74) is 3.91. The van der Waals surface area contributed by atoms with Gasteiger partial charge in [0.15, 0.2) is 0 Å². The van der Waals surface area contributed by atoms with Crippen molar-refractivity contribution in [2.75, 3.05) is 13.7 Å². The molecular weight excluding hydrogens is 440 g/mol. The monoisotopic (exact) mass is 466 g/mol. The van der Waals surface area contributed by atoms with Crippen LogP contribution in [-0.2, 0) is 22.5 Å². The highest BCUT2D eigenvalue weighted by Gasteiger charge is 2.13. The van der Waals surface area contributed by atoms with E-state index in [1.54, 1.807) is 12.1 Å². The average Bonchev–Trinajstić information content (AvgIpc) is 2.91. The van der Waals surface area contributed by atoms with Gasteiger partial charge in [0.05, 0.1) is 19.2 Å². The average molecular weight is 467 g/mol. The Hall–Kier alpha value is -4.45. The molecule has 3 aromatic carbocycles. The Morgan fingerprint density at radius 3 is 2.51 bits per heavy atom. The third kappa shape index (κ3) is 6.54. The molecule has 1 aromatic heterocycles. The maximum absolute atomic E-state index is 12.9. The van der Waals surface area contributed by atoms with Gasteiger partial charge in [0.2, 0.25) is 0 Å². The summed E-state index contributed by atoms with van der Waals surface area (Å²) in [7, 11) is 1.33. The highest BCUT2D eigenvalue weighted by atomic mass is 16.5. The van der Waals surface area contributed by atoms with Crippen LogP contribution in [0.4, 0.5) is 0 Å². The summed E-state index contributed by atoms with van der Waals surface area (Å²) < 4.78 is 10.7. The largest absolute Gasteiger partial charge is 0.492 e. The summed E-state index contributed by atoms with van der Waals surface area (Å²) in [5, 5.41) is 3.78. The summed E-state index contributed by atoms with van der Waals surface area (Å²) in [6.07, 6.45) is 3.79. The van der Waals surface area contributed by atoms with E-state index in [2.05, 4.69) is 27.2 Å². The number of methoxy groups -OCH3 is 1. The van der Waals surface area contributed by atoms with Gasteiger partial charge in [-0.25, -0.2) is 9.78 Å². The van der Waals surface area contributed by atoms with Gasteiger partial charge in [-0.15, -0.1) is 0 Å². The van der Waals surface area contributed by atoms with Crippen LogP contribution in [0.1, 0.15) is 27.2 Å². The molecule has 1 heterocycles. The van der Waals surface area contributed by atoms with Crippen molar-refractivity contribution in [1.82, 2.24) is 10.3 Å². The Balaban J connectivity index is 1.46. The maximum Gasteiger partial charge on any atom is 0.330 e. The van der Waals surface area contributed by atoms with Gasteiger partial charge in [-0.05, 0) is 41.0 Å². The number of aromatic nitrogens is 1. The van der Waals surface area contributed by atoms with Gasteiger partial charge in [-0.2, -0.15) is 0 Å². The molecule has 0 saturated carbocycles. The van der Waals surface area contributed by atoms with Crippen molar-refractivity contribution in [3.8, 4) is 5.75 Å². The molecule has 0 aliphatic rings. The van der Waals surface area contributed by atoms with E-state index in [1.165, 1.54) is 18.7 Å². The number of fused-ring (bicyclic) bond motifs is 1. The molecule has 0 aliphatic heterocycles. The van der Waals surface area contributed by atoms with Crippen LogP contribution in [0.15, 0.2) is 91.0 Å². The molecule has 1 amide bonds. The molecule has 0 spiro atoms. The number of carbonyl (C=O) groups is 2. The molecule has 0 bridgehead atoms. The van der Waals surface area contributed by atoms with Gasteiger partial charge in [0, 0.05) is 30.5 Å². The van der Waals surface area contributed by atoms with Crippen molar-refractivity contribution >= 4 is 28.9 Å². The number of para-hydroxylation sites is 1. The number of nitrogens with zero attached hydrogens (tertiary/aromatic N) is 1. The predicted octanol–water partition coefficient (Wildman–Crippen LogP) is 4.97. The van der Waals surface area contributed by atoms with Crippen LogP contribution < -0.4 is 10.1 Å². The second kappa shape index (κ2) is 11.6. The lowest BCUT2D eigenvalue weighted by molar-refractivity contribution is -0.134. The lowest BCUT2D eigenvalue weighted by Crippen LogP contribution is -2.24. The molecule has 4 aromatic rings. The smallest absolute Gasteiger partial charge is 0.330 e. The summed E-state index contributed by atoms with van der Waals surface area (Å²) in [4.78, 5) is 28.8. The predicted molar refractivity (Wildman–Crippen MR) is 136 cm³/mol. The fourth-order valence-corrected chi connectivity index (χ4v) is 3.61. The van der Waals surface area contributed by atoms with Crippen molar-refractivity contribution in [3.05, 3.63) is 113 Å². The highest BCUT2D eigenvalue weighted by molar-refractivity contribution is 5.97. The van der Waals surface area contributed by atoms with E-state index >= 15 is 0 Å². The van der Waals surface area contributed by atoms with Crippen LogP contribution in [0.25, 0.3) is 17.0 Å². The minimum atomic E-state index is -0.423. The van der Waals surface area contributed by atoms with Crippen LogP contribution in [0.3, 0.4) is 0 Å². The number of hydrogen-bond acceptors (Lipinski definition) is 5. The fraction of sp³-hybridized carbons (Fsp3) is 0.138. The number of nitrogens with one attached hydrogen (secondary N) is 1. The molecule has 176 valence electrons. The van der Waals surface area contributed by atoms with Gasteiger partial charge in [0.25, 0.3) is 5.91 Å². The zero-order chi connectivity index (χ0) is 24.5. The molecule has 0 saturated heterocycles. The molecule has 35 heavy (non-hydrogen) atoms. The van der Waals surface area contributed by atoms with Crippen LogP contribution in [0, 0.1) is 0 Å². The molecule has 4 rings (SSSR count). The Morgan fingerprint density at radius 2 is 1.69 bits per heavy atom. The standard InChI is InChI=1S/C29H26N2O4/c1-34-28(32)15-14-22-10-7-11-23(18-22)20-30-29(33)26-19-27(24-12-5-6-13-25(24)31-26)35-17-16-21-8-3-2-4-9-21/h2-15,18-19H,16-17,20H2,1H3,(H,30,33)/b15-14+. The number of hydrogen-bond donors (Lipinski definition) is 1. The summed E-state index contributed by atoms with van der Waals surface area (Å²) in [5.74, 6) is -0.0846. The second-order valence-electron chi connectivity index (χ2n) is 7.89. The lowest BCUT2D eigenvalue weighted by atomic mass is 10.1. The normalized spacial score (nSPS) is 10.9. The first-order chi connectivity index (χ1) is 17.1. The number of ether oxygens (including phenoxy) is 2. The van der Waals surface area contributed by atoms with Crippen molar-refractivity contribution in [2.45, 2.75) is 13.0 Å². The highest BCUT2D eigenvalue weighted by Crippen LogP contribution is 2.25. The first-order valence-corrected chi connectivity index (χ1v) is 11.3. The Morgan fingerprint density at radius 1 is 0.914 bits per heavy atom. The quantitative estimate of drug-likeness (QED) is 0.278. The molecule has 0 aliphatic carbocycles. The van der Waals surface area contributed by atoms with Gasteiger partial charge in [-0.1, -0.05) is 60.7 Å². The number of carbonyl (C=O) groups excluding carboxylic acids is 2. The van der Waals surface area contributed by atoms with E-state index in [0.717, 1.165) is 22.9 Å². The number of esters is 1. The molecule has 6 heteroatoms. The van der Waals surface area contributed by atoms with Gasteiger partial charge < -0.3 is 14.8 Å². The summed E-state index contributed by atoms with van der Waals surface area (Å²) in [6.45, 7) is 0.808. The van der Waals surface area contributed by atoms with Crippen molar-refractivity contribution in [2.24, 2.45) is 0 Å². The van der Waals surface area contributed by atoms with Crippen LogP contribution >= 0.6 is 0 Å². The van der Waals surface area contributed by atoms with E-state index in [-0.39, 0.29) is 5.91 Å². The third-order valence-corrected chi connectivity index (χ3v) is 5.42. The van der Waals surface area contributed by atoms with Crippen molar-refractivity contribution in [3.63, 3.8) is 0 Å². The molecule has 0 atom stereocenters. The van der Waals surface area contributed by atoms with Crippen molar-refractivity contribution < 1.29 is 19.1 Å². The molecule has 1 N–H and O–H groups in total. The Kier molecular flexibility index (Phi) is 7.86. The zero-order valence-corrected chi connectivity index (χ0v) is 19.4. The fourth-order valence-electron chi connectivity index (χ4n) is 3.61. The van der Waals surface area contributed by atoms with E-state index in [4.69, 9.17) is 4.74 Å². The van der Waals surface area contributed by atoms with Gasteiger partial charge in [0.1, 0.15) is 11.4 Å². The SMILES string of the molecule is COC(=O)/C=C/c1cccc(CNC(=O)c2cc(OCCc3ccccc3)c3ccccc3n2)c1. The molecule has 0 fully saturated rings. The Labute approximate surface area is 204 Å². The lowest BCUT2D eigenvalue weighted by Gasteiger charge is -2.12. The van der Waals surface area contributed by atoms with Gasteiger partial charge >= 0.3 is 5.97 Å². The molecule has 6 nitrogen and oxygen atoms in total. The number of pyridine rings is 1. The molecular formula is C29H26N2O4. The van der Waals surface area contributed by atoms with E-state index in [9.17, 15) is 9.59 Å². The number of rotatable bonds is 9. The first-order valence-electron chi connectivity index (χ1n) is 11.3. The van der Waals surface area contributed by atoms with Gasteiger partial charge in [-0.3, -0.25) is 4.79 Å². The molecule has 0 unspecified atom stereocenters. The Bertz CT molecular complexity index is 1350. The second-order valence-corrected chi connectivity index (χ2v) is 7.89. The summed E-state index contributed by atoms with van der Waals surface area (Å²) in [6, 6.07) is 27.0. The topological polar surface area (TPSA) is 77.5 Å². The number of amides is 1. The minimum Gasteiger partial charge on any atom is -0.492 e. The zero-order valence-electron chi connectivity index (χ0n) is 19.4. The van der Waals surface area contributed by atoms with Crippen LogP contribution in [-0.4, -0.2) is 30.6 Å². The van der Waals surface area contributed by atoms with Crippen molar-refractivity contribution in [1.29, 1.82) is 0 Å². The van der Waals surface area contributed by atoms with E-state index in [1.807, 2.05) is 66.7 Å². The van der Waals surface area contributed by atoms with Crippen LogP contribution in [0.2, 0.25) is 0 Å². The summed E-state index contributed by atoms with van der Waals surface area (Å²) >= 11 is 0. The first kappa shape index (κ1) is 23.7. The van der Waals surface area contributed by atoms with E-state index < -0.39 is 5.97 Å². The minimum absolute atomic E-state index is 0.292. The number of benzene rings is 3. The maximum atomic E-state index is 12.9.